The van der Waals surface area contributed by atoms with Crippen LogP contribution in [0, 0.1) is 5.41 Å². The minimum Gasteiger partial charge on any atom is -0.355 e. The summed E-state index contributed by atoms with van der Waals surface area (Å²) in [6.45, 7) is 1.17. The van der Waals surface area contributed by atoms with Crippen molar-refractivity contribution >= 4 is 29.0 Å². The van der Waals surface area contributed by atoms with E-state index in [1.165, 1.54) is 6.07 Å². The molecule has 6 nitrogen and oxygen atoms in total. The molecule has 1 aliphatic carbocycles. The number of Topliss-reactive ketones (excluding diaryl/α,β-unsaturated/α-hetero) is 1. The molecule has 33 heavy (non-hydrogen) atoms. The number of halogens is 2. The first-order valence-electron chi connectivity index (χ1n) is 11.1. The van der Waals surface area contributed by atoms with Crippen LogP contribution >= 0.6 is 0 Å². The Labute approximate surface area is 191 Å². The summed E-state index contributed by atoms with van der Waals surface area (Å²) < 4.78 is 27.6. The summed E-state index contributed by atoms with van der Waals surface area (Å²) in [5, 5.41) is 8.60. The Balaban J connectivity index is 1.31. The fourth-order valence-corrected chi connectivity index (χ4v) is 4.15. The molecule has 1 unspecified atom stereocenters. The quantitative estimate of drug-likeness (QED) is 0.530. The van der Waals surface area contributed by atoms with E-state index < -0.39 is 17.4 Å². The summed E-state index contributed by atoms with van der Waals surface area (Å²) in [6.07, 6.45) is 2.32. The summed E-state index contributed by atoms with van der Waals surface area (Å²) in [4.78, 5) is 36.5. The van der Waals surface area contributed by atoms with Crippen molar-refractivity contribution < 1.29 is 23.2 Å². The van der Waals surface area contributed by atoms with Crippen molar-refractivity contribution in [3.05, 3.63) is 59.7 Å². The SMILES string of the molecule is CC(F)(F)c1ccccc1Nc1ccc(CNC(=O)C2(CC(=O)C3CCC(=O)N3)CC2)cc1. The van der Waals surface area contributed by atoms with Crippen LogP contribution in [0.2, 0.25) is 0 Å². The van der Waals surface area contributed by atoms with Gasteiger partial charge in [-0.25, -0.2) is 8.78 Å². The van der Waals surface area contributed by atoms with Crippen molar-refractivity contribution in [3.63, 3.8) is 0 Å². The molecule has 2 aliphatic rings. The van der Waals surface area contributed by atoms with Crippen LogP contribution in [0.5, 0.6) is 0 Å². The molecule has 2 aromatic rings. The Bertz CT molecular complexity index is 1060. The Hall–Kier alpha value is -3.29. The third-order valence-electron chi connectivity index (χ3n) is 6.32. The molecule has 1 heterocycles. The number of rotatable bonds is 9. The van der Waals surface area contributed by atoms with Gasteiger partial charge in [0, 0.05) is 43.2 Å². The molecule has 4 rings (SSSR count). The van der Waals surface area contributed by atoms with Crippen LogP contribution in [0.3, 0.4) is 0 Å². The topological polar surface area (TPSA) is 87.3 Å². The molecule has 2 amide bonds. The van der Waals surface area contributed by atoms with Gasteiger partial charge in [0.05, 0.1) is 11.5 Å². The van der Waals surface area contributed by atoms with Crippen LogP contribution in [-0.4, -0.2) is 23.6 Å². The van der Waals surface area contributed by atoms with Crippen molar-refractivity contribution in [3.8, 4) is 0 Å². The number of amides is 2. The van der Waals surface area contributed by atoms with Crippen LogP contribution in [0.25, 0.3) is 0 Å². The molecule has 3 N–H and O–H groups in total. The van der Waals surface area contributed by atoms with Crippen LogP contribution in [0.1, 0.15) is 50.2 Å². The molecular formula is C25H27F2N3O3. The number of para-hydroxylation sites is 1. The highest BCUT2D eigenvalue weighted by atomic mass is 19.3. The van der Waals surface area contributed by atoms with Gasteiger partial charge in [-0.2, -0.15) is 0 Å². The maximum atomic E-state index is 13.8. The lowest BCUT2D eigenvalue weighted by Crippen LogP contribution is -2.38. The summed E-state index contributed by atoms with van der Waals surface area (Å²) >= 11 is 0. The minimum absolute atomic E-state index is 0.0808. The van der Waals surface area contributed by atoms with E-state index in [1.54, 1.807) is 30.3 Å². The second-order valence-electron chi connectivity index (χ2n) is 9.02. The fraction of sp³-hybridized carbons (Fsp3) is 0.400. The van der Waals surface area contributed by atoms with Gasteiger partial charge in [-0.1, -0.05) is 30.3 Å². The maximum absolute atomic E-state index is 13.8. The molecule has 0 aromatic heterocycles. The Morgan fingerprint density at radius 3 is 2.42 bits per heavy atom. The van der Waals surface area contributed by atoms with Crippen LogP contribution < -0.4 is 16.0 Å². The van der Waals surface area contributed by atoms with E-state index in [2.05, 4.69) is 16.0 Å². The van der Waals surface area contributed by atoms with E-state index in [4.69, 9.17) is 0 Å². The van der Waals surface area contributed by atoms with Crippen LogP contribution in [0.4, 0.5) is 20.2 Å². The molecule has 1 saturated heterocycles. The van der Waals surface area contributed by atoms with E-state index >= 15 is 0 Å². The highest BCUT2D eigenvalue weighted by Gasteiger charge is 2.51. The zero-order valence-electron chi connectivity index (χ0n) is 18.4. The highest BCUT2D eigenvalue weighted by molar-refractivity contribution is 5.97. The Kier molecular flexibility index (Phi) is 6.19. The maximum Gasteiger partial charge on any atom is 0.272 e. The van der Waals surface area contributed by atoms with E-state index in [9.17, 15) is 23.2 Å². The summed E-state index contributed by atoms with van der Waals surface area (Å²) in [6, 6.07) is 13.0. The number of hydrogen-bond donors (Lipinski definition) is 3. The first-order valence-corrected chi connectivity index (χ1v) is 11.1. The zero-order chi connectivity index (χ0) is 23.6. The predicted molar refractivity (Wildman–Crippen MR) is 120 cm³/mol. The molecule has 2 aromatic carbocycles. The monoisotopic (exact) mass is 455 g/mol. The number of carbonyl (C=O) groups is 3. The number of nitrogens with one attached hydrogen (secondary N) is 3. The first-order chi connectivity index (χ1) is 15.7. The lowest BCUT2D eigenvalue weighted by atomic mass is 9.94. The number of anilines is 2. The molecule has 0 spiro atoms. The van der Waals surface area contributed by atoms with Gasteiger partial charge in [0.15, 0.2) is 5.78 Å². The van der Waals surface area contributed by atoms with Crippen LogP contribution in [0.15, 0.2) is 48.5 Å². The van der Waals surface area contributed by atoms with E-state index in [0.717, 1.165) is 12.5 Å². The van der Waals surface area contributed by atoms with Crippen LogP contribution in [-0.2, 0) is 26.9 Å². The number of carbonyl (C=O) groups excluding carboxylic acids is 3. The molecular weight excluding hydrogens is 428 g/mol. The molecule has 0 radical (unpaired) electrons. The van der Waals surface area contributed by atoms with Crippen molar-refractivity contribution in [2.45, 2.75) is 57.5 Å². The third kappa shape index (κ3) is 5.38. The van der Waals surface area contributed by atoms with E-state index in [0.29, 0.717) is 43.6 Å². The van der Waals surface area contributed by atoms with Gasteiger partial charge in [-0.05, 0) is 43.0 Å². The normalized spacial score (nSPS) is 19.0. The molecule has 1 aliphatic heterocycles. The van der Waals surface area contributed by atoms with Crippen molar-refractivity contribution in [1.29, 1.82) is 0 Å². The van der Waals surface area contributed by atoms with Gasteiger partial charge in [0.1, 0.15) is 0 Å². The van der Waals surface area contributed by atoms with Crippen molar-refractivity contribution in [1.82, 2.24) is 10.6 Å². The summed E-state index contributed by atoms with van der Waals surface area (Å²) in [5.74, 6) is -3.31. The van der Waals surface area contributed by atoms with Gasteiger partial charge < -0.3 is 16.0 Å². The van der Waals surface area contributed by atoms with Gasteiger partial charge in [0.2, 0.25) is 11.8 Å². The summed E-state index contributed by atoms with van der Waals surface area (Å²) in [5.41, 5.74) is 1.10. The second-order valence-corrected chi connectivity index (χ2v) is 9.02. The van der Waals surface area contributed by atoms with Crippen molar-refractivity contribution in [2.24, 2.45) is 5.41 Å². The highest BCUT2D eigenvalue weighted by Crippen LogP contribution is 2.49. The van der Waals surface area contributed by atoms with Gasteiger partial charge in [0.25, 0.3) is 5.92 Å². The third-order valence-corrected chi connectivity index (χ3v) is 6.32. The standard InChI is InChI=1S/C25H27F2N3O3/c1-24(26,27)18-4-2-3-5-19(18)29-17-8-6-16(7-9-17)15-28-23(33)25(12-13-25)14-21(31)20-10-11-22(32)30-20/h2-9,20,29H,10-15H2,1H3,(H,28,33)(H,30,32). The van der Waals surface area contributed by atoms with Gasteiger partial charge >= 0.3 is 0 Å². The Morgan fingerprint density at radius 1 is 1.12 bits per heavy atom. The summed E-state index contributed by atoms with van der Waals surface area (Å²) in [7, 11) is 0. The smallest absolute Gasteiger partial charge is 0.272 e. The molecule has 8 heteroatoms. The average Bonchev–Trinajstić information content (AvgIpc) is 3.43. The molecule has 0 bridgehead atoms. The molecule has 2 fully saturated rings. The minimum atomic E-state index is -2.96. The van der Waals surface area contributed by atoms with Gasteiger partial charge in [-0.15, -0.1) is 0 Å². The lowest BCUT2D eigenvalue weighted by Gasteiger charge is -2.18. The molecule has 1 saturated carbocycles. The molecule has 1 atom stereocenters. The van der Waals surface area contributed by atoms with Gasteiger partial charge in [-0.3, -0.25) is 14.4 Å². The van der Waals surface area contributed by atoms with E-state index in [-0.39, 0.29) is 29.6 Å². The van der Waals surface area contributed by atoms with E-state index in [1.807, 2.05) is 12.1 Å². The fourth-order valence-electron chi connectivity index (χ4n) is 4.15. The lowest BCUT2D eigenvalue weighted by molar-refractivity contribution is -0.131. The van der Waals surface area contributed by atoms with Crippen molar-refractivity contribution in [2.75, 3.05) is 5.32 Å². The largest absolute Gasteiger partial charge is 0.355 e. The Morgan fingerprint density at radius 2 is 1.82 bits per heavy atom. The number of ketones is 1. The average molecular weight is 456 g/mol. The zero-order valence-corrected chi connectivity index (χ0v) is 18.4. The number of benzene rings is 2. The number of hydrogen-bond acceptors (Lipinski definition) is 4. The second kappa shape index (κ2) is 8.92. The predicted octanol–water partition coefficient (Wildman–Crippen LogP) is 4.18. The number of alkyl halides is 2. The first kappa shape index (κ1) is 22.9. The molecule has 174 valence electrons.